The molecule has 0 spiro atoms. The second-order valence-corrected chi connectivity index (χ2v) is 7.79. The minimum Gasteiger partial charge on any atom is -0.378 e. The number of H-pyrrole nitrogens is 1. The highest BCUT2D eigenvalue weighted by atomic mass is 19.4. The molecule has 34 heavy (non-hydrogen) atoms. The Morgan fingerprint density at radius 2 is 1.85 bits per heavy atom. The molecule has 0 saturated carbocycles. The van der Waals surface area contributed by atoms with E-state index in [9.17, 15) is 27.5 Å². The molecule has 0 aliphatic carbocycles. The summed E-state index contributed by atoms with van der Waals surface area (Å²) in [5, 5.41) is 18.5. The van der Waals surface area contributed by atoms with E-state index in [4.69, 9.17) is 0 Å². The van der Waals surface area contributed by atoms with Crippen molar-refractivity contribution < 1.29 is 27.5 Å². The Hall–Kier alpha value is -3.79. The minimum absolute atomic E-state index is 0.0620. The first kappa shape index (κ1) is 23.4. The normalized spacial score (nSPS) is 12.6. The fourth-order valence-electron chi connectivity index (χ4n) is 3.58. The molecule has 0 unspecified atom stereocenters. The Morgan fingerprint density at radius 1 is 1.12 bits per heavy atom. The molecule has 2 N–H and O–H groups in total. The van der Waals surface area contributed by atoms with Gasteiger partial charge in [0.15, 0.2) is 6.10 Å². The van der Waals surface area contributed by atoms with E-state index in [0.29, 0.717) is 16.8 Å². The van der Waals surface area contributed by atoms with E-state index < -0.39 is 29.7 Å². The number of rotatable bonds is 6. The van der Waals surface area contributed by atoms with Crippen molar-refractivity contribution in [1.29, 1.82) is 0 Å². The van der Waals surface area contributed by atoms with E-state index in [1.165, 1.54) is 23.1 Å². The monoisotopic (exact) mass is 472 g/mol. The smallest absolute Gasteiger partial charge is 0.378 e. The second kappa shape index (κ2) is 9.22. The molecule has 4 rings (SSSR count). The molecule has 2 aromatic heterocycles. The van der Waals surface area contributed by atoms with Gasteiger partial charge in [-0.15, -0.1) is 0 Å². The summed E-state index contributed by atoms with van der Waals surface area (Å²) in [6, 6.07) is 12.2. The van der Waals surface area contributed by atoms with Gasteiger partial charge in [-0.1, -0.05) is 18.2 Å². The van der Waals surface area contributed by atoms with E-state index in [-0.39, 0.29) is 18.5 Å². The standard InChI is InChI=1S/C24H20F4N4O2/c1-14-19-12-18(7-8-20(19)31-30-14)32(23(34)22(33)16-3-5-17(25)6-4-16)11-10-15-2-9-21(29-13-15)24(26,27)28/h2-9,12-13,22,33H,10-11H2,1H3,(H,30,31)/t22-/m0/s1. The molecule has 0 aliphatic heterocycles. The molecule has 2 aromatic carbocycles. The number of aliphatic hydroxyl groups is 1. The number of hydrogen-bond acceptors (Lipinski definition) is 4. The summed E-state index contributed by atoms with van der Waals surface area (Å²) in [5.41, 5.74) is 1.66. The number of carbonyl (C=O) groups is 1. The number of aliphatic hydroxyl groups excluding tert-OH is 1. The number of aryl methyl sites for hydroxylation is 1. The number of carbonyl (C=O) groups excluding carboxylic acids is 1. The second-order valence-electron chi connectivity index (χ2n) is 7.79. The highest BCUT2D eigenvalue weighted by Crippen LogP contribution is 2.28. The number of anilines is 1. The Morgan fingerprint density at radius 3 is 2.50 bits per heavy atom. The van der Waals surface area contributed by atoms with Crippen LogP contribution in [0.2, 0.25) is 0 Å². The van der Waals surface area contributed by atoms with Crippen LogP contribution in [0.3, 0.4) is 0 Å². The van der Waals surface area contributed by atoms with E-state index in [0.717, 1.165) is 35.5 Å². The lowest BCUT2D eigenvalue weighted by Gasteiger charge is -2.26. The number of nitrogens with one attached hydrogen (secondary N) is 1. The van der Waals surface area contributed by atoms with Crippen LogP contribution in [0.25, 0.3) is 10.9 Å². The molecule has 0 saturated heterocycles. The van der Waals surface area contributed by atoms with Crippen LogP contribution in [0.1, 0.15) is 28.6 Å². The first-order valence-corrected chi connectivity index (χ1v) is 10.4. The summed E-state index contributed by atoms with van der Waals surface area (Å²) in [6.45, 7) is 1.89. The third kappa shape index (κ3) is 4.91. The highest BCUT2D eigenvalue weighted by molar-refractivity contribution is 5.99. The predicted octanol–water partition coefficient (Wildman–Crippen LogP) is 4.73. The molecule has 0 fully saturated rings. The van der Waals surface area contributed by atoms with E-state index in [1.54, 1.807) is 18.2 Å². The lowest BCUT2D eigenvalue weighted by Crippen LogP contribution is -2.37. The number of fused-ring (bicyclic) bond motifs is 1. The van der Waals surface area contributed by atoms with Crippen molar-refractivity contribution in [3.05, 3.63) is 89.1 Å². The van der Waals surface area contributed by atoms with Gasteiger partial charge >= 0.3 is 6.18 Å². The molecular weight excluding hydrogens is 452 g/mol. The van der Waals surface area contributed by atoms with Gasteiger partial charge in [-0.25, -0.2) is 4.39 Å². The first-order valence-electron chi connectivity index (χ1n) is 10.4. The number of aromatic nitrogens is 3. The number of amides is 1. The molecule has 0 aliphatic rings. The van der Waals surface area contributed by atoms with Gasteiger partial charge in [0.2, 0.25) is 0 Å². The van der Waals surface area contributed by atoms with Gasteiger partial charge in [-0.3, -0.25) is 14.9 Å². The molecule has 1 atom stereocenters. The highest BCUT2D eigenvalue weighted by Gasteiger charge is 2.32. The molecular formula is C24H20F4N4O2. The Kier molecular flexibility index (Phi) is 6.34. The Balaban J connectivity index is 1.63. The molecule has 0 radical (unpaired) electrons. The summed E-state index contributed by atoms with van der Waals surface area (Å²) in [6.07, 6.45) is -4.80. The van der Waals surface area contributed by atoms with Gasteiger partial charge in [0, 0.05) is 29.5 Å². The van der Waals surface area contributed by atoms with E-state index >= 15 is 0 Å². The third-order valence-electron chi connectivity index (χ3n) is 5.46. The van der Waals surface area contributed by atoms with Crippen molar-refractivity contribution in [2.75, 3.05) is 11.4 Å². The molecule has 176 valence electrons. The fourth-order valence-corrected chi connectivity index (χ4v) is 3.58. The zero-order valence-corrected chi connectivity index (χ0v) is 18.0. The lowest BCUT2D eigenvalue weighted by atomic mass is 10.1. The van der Waals surface area contributed by atoms with Gasteiger partial charge in [0.1, 0.15) is 11.5 Å². The van der Waals surface area contributed by atoms with Gasteiger partial charge in [-0.2, -0.15) is 18.3 Å². The van der Waals surface area contributed by atoms with E-state index in [1.807, 2.05) is 6.92 Å². The SMILES string of the molecule is Cc1[nH]nc2ccc(N(CCc3ccc(C(F)(F)F)nc3)C(=O)[C@@H](O)c3ccc(F)cc3)cc12. The van der Waals surface area contributed by atoms with Crippen LogP contribution in [0.5, 0.6) is 0 Å². The number of pyridine rings is 1. The first-order chi connectivity index (χ1) is 16.1. The van der Waals surface area contributed by atoms with Crippen LogP contribution in [0.15, 0.2) is 60.8 Å². The predicted molar refractivity (Wildman–Crippen MR) is 117 cm³/mol. The molecule has 2 heterocycles. The number of alkyl halides is 3. The van der Waals surface area contributed by atoms with Crippen LogP contribution >= 0.6 is 0 Å². The zero-order valence-electron chi connectivity index (χ0n) is 18.0. The average molecular weight is 472 g/mol. The number of benzene rings is 2. The summed E-state index contributed by atoms with van der Waals surface area (Å²) >= 11 is 0. The van der Waals surface area contributed by atoms with Crippen molar-refractivity contribution in [1.82, 2.24) is 15.2 Å². The maximum absolute atomic E-state index is 13.3. The maximum atomic E-state index is 13.3. The quantitative estimate of drug-likeness (QED) is 0.398. The van der Waals surface area contributed by atoms with Crippen LogP contribution in [0.4, 0.5) is 23.2 Å². The van der Waals surface area contributed by atoms with Crippen LogP contribution < -0.4 is 4.90 Å². The van der Waals surface area contributed by atoms with Crippen molar-refractivity contribution in [3.8, 4) is 0 Å². The van der Waals surface area contributed by atoms with Crippen molar-refractivity contribution in [2.24, 2.45) is 0 Å². The summed E-state index contributed by atoms with van der Waals surface area (Å²) < 4.78 is 51.7. The fraction of sp³-hybridized carbons (Fsp3) is 0.208. The number of hydrogen-bond donors (Lipinski definition) is 2. The van der Waals surface area contributed by atoms with Crippen molar-refractivity contribution in [2.45, 2.75) is 25.6 Å². The summed E-state index contributed by atoms with van der Waals surface area (Å²) in [4.78, 5) is 18.1. The largest absolute Gasteiger partial charge is 0.433 e. The van der Waals surface area contributed by atoms with Crippen LogP contribution in [-0.2, 0) is 17.4 Å². The summed E-state index contributed by atoms with van der Waals surface area (Å²) in [7, 11) is 0. The zero-order chi connectivity index (χ0) is 24.5. The van der Waals surface area contributed by atoms with Gasteiger partial charge in [0.05, 0.1) is 5.52 Å². The summed E-state index contributed by atoms with van der Waals surface area (Å²) in [5.74, 6) is -1.16. The van der Waals surface area contributed by atoms with Crippen molar-refractivity contribution >= 4 is 22.5 Å². The Labute approximate surface area is 191 Å². The van der Waals surface area contributed by atoms with Gasteiger partial charge in [0.25, 0.3) is 5.91 Å². The topological polar surface area (TPSA) is 82.1 Å². The maximum Gasteiger partial charge on any atom is 0.433 e. The number of nitrogens with zero attached hydrogens (tertiary/aromatic N) is 3. The molecule has 10 heteroatoms. The van der Waals surface area contributed by atoms with Gasteiger partial charge in [-0.05, 0) is 60.9 Å². The van der Waals surface area contributed by atoms with Crippen LogP contribution in [-0.4, -0.2) is 32.7 Å². The number of halogens is 4. The number of aromatic amines is 1. The molecule has 1 amide bonds. The minimum atomic E-state index is -4.54. The van der Waals surface area contributed by atoms with Crippen molar-refractivity contribution in [3.63, 3.8) is 0 Å². The van der Waals surface area contributed by atoms with Crippen LogP contribution in [0, 0.1) is 12.7 Å². The van der Waals surface area contributed by atoms with E-state index in [2.05, 4.69) is 15.2 Å². The molecule has 4 aromatic rings. The van der Waals surface area contributed by atoms with Gasteiger partial charge < -0.3 is 10.0 Å². The molecule has 0 bridgehead atoms. The average Bonchev–Trinajstić information content (AvgIpc) is 3.19. The Bertz CT molecular complexity index is 1300. The molecule has 6 nitrogen and oxygen atoms in total. The third-order valence-corrected chi connectivity index (χ3v) is 5.46. The lowest BCUT2D eigenvalue weighted by molar-refractivity contribution is -0.141.